The number of nitrogens with zero attached hydrogens (tertiary/aromatic N) is 2. The number of carboxylic acid groups (broad SMARTS) is 1. The van der Waals surface area contributed by atoms with Gasteiger partial charge in [-0.05, 0) is 25.4 Å². The Morgan fingerprint density at radius 2 is 2.22 bits per heavy atom. The van der Waals surface area contributed by atoms with Gasteiger partial charge in [-0.2, -0.15) is 11.8 Å². The van der Waals surface area contributed by atoms with Crippen LogP contribution < -0.4 is 5.32 Å². The van der Waals surface area contributed by atoms with Crippen LogP contribution in [-0.2, 0) is 16.0 Å². The maximum Gasteiger partial charge on any atom is 0.326 e. The van der Waals surface area contributed by atoms with Gasteiger partial charge in [0, 0.05) is 0 Å². The van der Waals surface area contributed by atoms with Crippen molar-refractivity contribution in [1.29, 1.82) is 0 Å². The number of nitrogens with one attached hydrogen (secondary N) is 1. The molecule has 0 aromatic carbocycles. The molecule has 1 heterocycles. The Morgan fingerprint density at radius 1 is 1.50 bits per heavy atom. The van der Waals surface area contributed by atoms with Gasteiger partial charge in [0.15, 0.2) is 0 Å². The minimum atomic E-state index is -1.03. The van der Waals surface area contributed by atoms with Gasteiger partial charge in [0.1, 0.15) is 17.4 Å². The lowest BCUT2D eigenvalue weighted by Crippen LogP contribution is -2.42. The first-order valence-electron chi connectivity index (χ1n) is 5.33. The summed E-state index contributed by atoms with van der Waals surface area (Å²) in [7, 11) is 0. The second-order valence-electron chi connectivity index (χ2n) is 3.71. The van der Waals surface area contributed by atoms with Crippen molar-refractivity contribution in [2.75, 3.05) is 12.0 Å². The van der Waals surface area contributed by atoms with E-state index < -0.39 is 17.9 Å². The third kappa shape index (κ3) is 4.36. The van der Waals surface area contributed by atoms with Crippen LogP contribution in [0.3, 0.4) is 0 Å². The van der Waals surface area contributed by atoms with Gasteiger partial charge in [-0.25, -0.2) is 9.42 Å². The monoisotopic (exact) mass is 273 g/mol. The lowest BCUT2D eigenvalue weighted by Gasteiger charge is -2.13. The van der Waals surface area contributed by atoms with Gasteiger partial charge in [0.25, 0.3) is 0 Å². The molecule has 0 saturated heterocycles. The van der Waals surface area contributed by atoms with E-state index in [2.05, 4.69) is 20.3 Å². The first-order chi connectivity index (χ1) is 8.54. The summed E-state index contributed by atoms with van der Waals surface area (Å²) in [5, 5.41) is 18.5. The van der Waals surface area contributed by atoms with Crippen LogP contribution in [0.1, 0.15) is 17.8 Å². The highest BCUT2D eigenvalue weighted by Gasteiger charge is 2.20. The minimum Gasteiger partial charge on any atom is -0.480 e. The number of carbonyl (C=O) groups excluding carboxylic acids is 1. The van der Waals surface area contributed by atoms with Crippen LogP contribution in [0.4, 0.5) is 0 Å². The molecule has 0 unspecified atom stereocenters. The number of aryl methyl sites for hydroxylation is 1. The summed E-state index contributed by atoms with van der Waals surface area (Å²) < 4.78 is 4.46. The molecule has 0 aliphatic heterocycles. The molecule has 1 rings (SSSR count). The predicted molar refractivity (Wildman–Crippen MR) is 65.3 cm³/mol. The molecular formula is C10H15N3O4S. The van der Waals surface area contributed by atoms with Gasteiger partial charge >= 0.3 is 5.97 Å². The van der Waals surface area contributed by atoms with E-state index in [4.69, 9.17) is 5.11 Å². The van der Waals surface area contributed by atoms with Gasteiger partial charge in [-0.3, -0.25) is 4.79 Å². The van der Waals surface area contributed by atoms with Crippen molar-refractivity contribution in [1.82, 2.24) is 15.6 Å². The van der Waals surface area contributed by atoms with E-state index in [9.17, 15) is 9.59 Å². The predicted octanol–water partition coefficient (Wildman–Crippen LogP) is 0.243. The number of hydrogen-bond acceptors (Lipinski definition) is 6. The molecule has 7 nitrogen and oxygen atoms in total. The number of thioether (sulfide) groups is 1. The Bertz CT molecular complexity index is 421. The summed E-state index contributed by atoms with van der Waals surface area (Å²) in [6.07, 6.45) is 2.24. The van der Waals surface area contributed by atoms with E-state index in [1.54, 1.807) is 6.92 Å². The fraction of sp³-hybridized carbons (Fsp3) is 0.600. The molecule has 0 fully saturated rings. The smallest absolute Gasteiger partial charge is 0.326 e. The van der Waals surface area contributed by atoms with E-state index in [1.807, 2.05) is 6.26 Å². The molecule has 0 bridgehead atoms. The number of hydrogen-bond donors (Lipinski definition) is 2. The molecule has 2 N–H and O–H groups in total. The summed E-state index contributed by atoms with van der Waals surface area (Å²) >= 11 is 1.53. The Hall–Kier alpha value is -1.57. The maximum absolute atomic E-state index is 11.6. The SMILES string of the molecule is CSCC[C@@H](NC(=O)Cc1nonc1C)C(=O)O. The van der Waals surface area contributed by atoms with Gasteiger partial charge in [-0.1, -0.05) is 10.3 Å². The number of carbonyl (C=O) groups is 2. The first-order valence-corrected chi connectivity index (χ1v) is 6.73. The van der Waals surface area contributed by atoms with E-state index in [0.29, 0.717) is 23.6 Å². The summed E-state index contributed by atoms with van der Waals surface area (Å²) in [5.41, 5.74) is 0.947. The number of aliphatic carboxylic acids is 1. The highest BCUT2D eigenvalue weighted by Crippen LogP contribution is 2.04. The molecule has 0 aliphatic carbocycles. The van der Waals surface area contributed by atoms with Crippen LogP contribution in [-0.4, -0.2) is 45.3 Å². The van der Waals surface area contributed by atoms with E-state index in [0.717, 1.165) is 0 Å². The van der Waals surface area contributed by atoms with Crippen molar-refractivity contribution in [2.24, 2.45) is 0 Å². The summed E-state index contributed by atoms with van der Waals surface area (Å²) in [6, 6.07) is -0.870. The molecule has 0 aliphatic rings. The molecule has 18 heavy (non-hydrogen) atoms. The zero-order valence-electron chi connectivity index (χ0n) is 10.2. The van der Waals surface area contributed by atoms with Crippen molar-refractivity contribution >= 4 is 23.6 Å². The number of aromatic nitrogens is 2. The van der Waals surface area contributed by atoms with Crippen LogP contribution in [0.2, 0.25) is 0 Å². The van der Waals surface area contributed by atoms with E-state index in [1.165, 1.54) is 11.8 Å². The molecule has 0 spiro atoms. The Balaban J connectivity index is 2.51. The Kier molecular flexibility index (Phi) is 5.63. The van der Waals surface area contributed by atoms with Crippen LogP contribution in [0.15, 0.2) is 4.63 Å². The number of carboxylic acids is 1. The lowest BCUT2D eigenvalue weighted by molar-refractivity contribution is -0.141. The molecule has 1 aromatic heterocycles. The van der Waals surface area contributed by atoms with E-state index in [-0.39, 0.29) is 6.42 Å². The fourth-order valence-electron chi connectivity index (χ4n) is 1.30. The van der Waals surface area contributed by atoms with Gasteiger partial charge in [0.05, 0.1) is 6.42 Å². The zero-order valence-corrected chi connectivity index (χ0v) is 11.0. The normalized spacial score (nSPS) is 12.1. The standard InChI is InChI=1S/C10H15N3O4S/c1-6-8(13-17-12-6)5-9(14)11-7(10(15)16)3-4-18-2/h7H,3-5H2,1-2H3,(H,11,14)(H,15,16)/t7-/m1/s1. The zero-order chi connectivity index (χ0) is 13.5. The molecule has 1 aromatic rings. The highest BCUT2D eigenvalue weighted by atomic mass is 32.2. The maximum atomic E-state index is 11.6. The molecule has 100 valence electrons. The van der Waals surface area contributed by atoms with Crippen LogP contribution in [0, 0.1) is 6.92 Å². The average molecular weight is 273 g/mol. The molecule has 0 saturated carbocycles. The molecule has 8 heteroatoms. The summed E-state index contributed by atoms with van der Waals surface area (Å²) in [5.74, 6) is -0.767. The Labute approximate surface area is 108 Å². The third-order valence-corrected chi connectivity index (χ3v) is 2.96. The van der Waals surface area contributed by atoms with Crippen molar-refractivity contribution < 1.29 is 19.3 Å². The van der Waals surface area contributed by atoms with Gasteiger partial charge in [0.2, 0.25) is 5.91 Å². The second-order valence-corrected chi connectivity index (χ2v) is 4.70. The van der Waals surface area contributed by atoms with Crippen LogP contribution >= 0.6 is 11.8 Å². The summed E-state index contributed by atoms with van der Waals surface area (Å²) in [4.78, 5) is 22.6. The number of rotatable bonds is 7. The highest BCUT2D eigenvalue weighted by molar-refractivity contribution is 7.98. The molecule has 0 radical (unpaired) electrons. The quantitative estimate of drug-likeness (QED) is 0.733. The van der Waals surface area contributed by atoms with Crippen molar-refractivity contribution in [3.8, 4) is 0 Å². The topological polar surface area (TPSA) is 105 Å². The number of amides is 1. The van der Waals surface area contributed by atoms with Crippen LogP contribution in [0.5, 0.6) is 0 Å². The fourth-order valence-corrected chi connectivity index (χ4v) is 1.77. The second kappa shape index (κ2) is 7.00. The van der Waals surface area contributed by atoms with Crippen molar-refractivity contribution in [3.05, 3.63) is 11.4 Å². The minimum absolute atomic E-state index is 0.0294. The third-order valence-electron chi connectivity index (χ3n) is 2.32. The Morgan fingerprint density at radius 3 is 2.72 bits per heavy atom. The van der Waals surface area contributed by atoms with Crippen LogP contribution in [0.25, 0.3) is 0 Å². The average Bonchev–Trinajstić information content (AvgIpc) is 2.70. The molecule has 1 amide bonds. The summed E-state index contributed by atoms with van der Waals surface area (Å²) in [6.45, 7) is 1.67. The van der Waals surface area contributed by atoms with Gasteiger partial charge in [-0.15, -0.1) is 0 Å². The van der Waals surface area contributed by atoms with Crippen molar-refractivity contribution in [3.63, 3.8) is 0 Å². The van der Waals surface area contributed by atoms with Gasteiger partial charge < -0.3 is 10.4 Å². The molecular weight excluding hydrogens is 258 g/mol. The first kappa shape index (κ1) is 14.5. The van der Waals surface area contributed by atoms with Crippen molar-refractivity contribution in [2.45, 2.75) is 25.8 Å². The largest absolute Gasteiger partial charge is 0.480 e. The lowest BCUT2D eigenvalue weighted by atomic mass is 10.2. The van der Waals surface area contributed by atoms with E-state index >= 15 is 0 Å². The molecule has 1 atom stereocenters.